The molecule has 0 aromatic heterocycles. The van der Waals surface area contributed by atoms with Crippen molar-refractivity contribution in [2.24, 2.45) is 17.3 Å². The van der Waals surface area contributed by atoms with Crippen LogP contribution in [0.2, 0.25) is 18.1 Å². The van der Waals surface area contributed by atoms with E-state index in [1.165, 1.54) is 29.3 Å². The Morgan fingerprint density at radius 2 is 1.84 bits per heavy atom. The van der Waals surface area contributed by atoms with E-state index in [0.717, 1.165) is 31.4 Å². The van der Waals surface area contributed by atoms with Crippen molar-refractivity contribution >= 4 is 8.07 Å². The molecular formula is C28H42O3Si. The van der Waals surface area contributed by atoms with Gasteiger partial charge in [0.05, 0.1) is 13.2 Å². The van der Waals surface area contributed by atoms with Gasteiger partial charge in [0, 0.05) is 18.9 Å². The lowest BCUT2D eigenvalue weighted by molar-refractivity contribution is -0.0777. The maximum absolute atomic E-state index is 12.1. The number of fused-ring (bicyclic) bond motifs is 5. The molecule has 1 aromatic rings. The van der Waals surface area contributed by atoms with Crippen molar-refractivity contribution in [3.05, 3.63) is 29.3 Å². The van der Waals surface area contributed by atoms with Crippen LogP contribution in [0, 0.1) is 28.7 Å². The van der Waals surface area contributed by atoms with Gasteiger partial charge in [0.2, 0.25) is 0 Å². The zero-order valence-corrected chi connectivity index (χ0v) is 22.0. The van der Waals surface area contributed by atoms with Crippen molar-refractivity contribution in [3.63, 3.8) is 0 Å². The van der Waals surface area contributed by atoms with Crippen molar-refractivity contribution in [3.8, 4) is 17.2 Å². The van der Waals surface area contributed by atoms with Crippen LogP contribution >= 0.6 is 0 Å². The Hall–Kier alpha value is -1.28. The third-order valence-corrected chi connectivity index (χ3v) is 14.6. The topological polar surface area (TPSA) is 38.7 Å². The highest BCUT2D eigenvalue weighted by molar-refractivity contribution is 6.87. The molecule has 3 nitrogen and oxygen atoms in total. The van der Waals surface area contributed by atoms with Crippen molar-refractivity contribution in [2.75, 3.05) is 14.2 Å². The molecule has 4 rings (SSSR count). The normalized spacial score (nSPS) is 35.8. The number of hydrogen-bond acceptors (Lipinski definition) is 3. The van der Waals surface area contributed by atoms with Crippen LogP contribution < -0.4 is 4.74 Å². The fraction of sp³-hybridized carbons (Fsp3) is 0.714. The molecule has 1 N–H and O–H groups in total. The molecule has 6 atom stereocenters. The Bertz CT molecular complexity index is 889. The second-order valence-electron chi connectivity index (χ2n) is 10.8. The van der Waals surface area contributed by atoms with Crippen LogP contribution in [0.15, 0.2) is 18.2 Å². The second-order valence-corrected chi connectivity index (χ2v) is 15.7. The van der Waals surface area contributed by atoms with E-state index in [4.69, 9.17) is 9.47 Å². The summed E-state index contributed by atoms with van der Waals surface area (Å²) in [7, 11) is 1.96. The van der Waals surface area contributed by atoms with Crippen molar-refractivity contribution in [1.82, 2.24) is 0 Å². The molecule has 0 bridgehead atoms. The molecule has 4 heteroatoms. The van der Waals surface area contributed by atoms with Crippen LogP contribution in [0.5, 0.6) is 5.75 Å². The molecule has 0 amide bonds. The van der Waals surface area contributed by atoms with Gasteiger partial charge in [0.25, 0.3) is 0 Å². The summed E-state index contributed by atoms with van der Waals surface area (Å²) in [5.74, 6) is 5.95. The first kappa shape index (κ1) is 23.9. The number of methoxy groups -OCH3 is 2. The van der Waals surface area contributed by atoms with E-state index in [1.54, 1.807) is 7.11 Å². The summed E-state index contributed by atoms with van der Waals surface area (Å²) in [6, 6.07) is 10.1. The van der Waals surface area contributed by atoms with E-state index < -0.39 is 13.7 Å². The first-order valence-corrected chi connectivity index (χ1v) is 15.4. The predicted octanol–water partition coefficient (Wildman–Crippen LogP) is 5.96. The fourth-order valence-electron chi connectivity index (χ4n) is 7.43. The van der Waals surface area contributed by atoms with E-state index >= 15 is 0 Å². The molecule has 0 saturated heterocycles. The van der Waals surface area contributed by atoms with Crippen LogP contribution in [-0.2, 0) is 11.2 Å². The number of rotatable bonds is 5. The lowest BCUT2D eigenvalue weighted by Crippen LogP contribution is -2.51. The Morgan fingerprint density at radius 3 is 2.47 bits per heavy atom. The van der Waals surface area contributed by atoms with Crippen LogP contribution in [0.1, 0.15) is 70.4 Å². The molecule has 3 aliphatic carbocycles. The smallest absolute Gasteiger partial charge is 0.137 e. The molecule has 2 fully saturated rings. The van der Waals surface area contributed by atoms with E-state index in [1.807, 2.05) is 7.11 Å². The molecule has 32 heavy (non-hydrogen) atoms. The minimum Gasteiger partial charge on any atom is -0.497 e. The zero-order chi connectivity index (χ0) is 23.1. The summed E-state index contributed by atoms with van der Waals surface area (Å²) < 4.78 is 11.6. The molecule has 1 unspecified atom stereocenters. The number of hydrogen-bond donors (Lipinski definition) is 1. The SMILES string of the molecule is CC[Si](C#C[C@]1(O)CC(OC)[C@H]2[C@@H]3CCc4cc(OC)ccc4[C@H]3CC[C@@]21C)(CC)CC. The maximum Gasteiger partial charge on any atom is 0.137 e. The van der Waals surface area contributed by atoms with E-state index in [0.29, 0.717) is 24.2 Å². The molecule has 0 spiro atoms. The van der Waals surface area contributed by atoms with Gasteiger partial charge in [-0.3, -0.25) is 0 Å². The van der Waals surface area contributed by atoms with Gasteiger partial charge in [-0.2, -0.15) is 0 Å². The Balaban J connectivity index is 1.70. The van der Waals surface area contributed by atoms with Crippen LogP contribution in [0.3, 0.4) is 0 Å². The predicted molar refractivity (Wildman–Crippen MR) is 134 cm³/mol. The highest BCUT2D eigenvalue weighted by Gasteiger charge is 2.65. The third-order valence-electron chi connectivity index (χ3n) is 9.89. The molecule has 0 heterocycles. The molecule has 3 aliphatic rings. The number of ether oxygens (including phenoxy) is 2. The standard InChI is InChI=1S/C28H42O3Si/c1-7-32(8-2,9-3)17-16-28(29)19-25(31-6)26-24-12-10-20-18-21(30-5)11-13-22(20)23(24)14-15-27(26,28)4/h11,13,18,23-26,29H,7-10,12,14-15,19H2,1-6H3/t23-,24-,25?,26-,27+,28+/m1/s1. The monoisotopic (exact) mass is 454 g/mol. The second kappa shape index (κ2) is 8.82. The van der Waals surface area contributed by atoms with Gasteiger partial charge < -0.3 is 14.6 Å². The van der Waals surface area contributed by atoms with Crippen LogP contribution in [0.25, 0.3) is 0 Å². The minimum absolute atomic E-state index is 0.0767. The Labute approximate surface area is 196 Å². The van der Waals surface area contributed by atoms with Crippen molar-refractivity contribution in [1.29, 1.82) is 0 Å². The number of aryl methyl sites for hydroxylation is 1. The van der Waals surface area contributed by atoms with Crippen LogP contribution in [-0.4, -0.2) is 39.1 Å². The first-order valence-electron chi connectivity index (χ1n) is 12.8. The van der Waals surface area contributed by atoms with E-state index in [2.05, 4.69) is 57.4 Å². The van der Waals surface area contributed by atoms with E-state index in [9.17, 15) is 5.11 Å². The first-order chi connectivity index (χ1) is 15.3. The van der Waals surface area contributed by atoms with Gasteiger partial charge in [-0.05, 0) is 84.8 Å². The average molecular weight is 455 g/mol. The number of aliphatic hydroxyl groups is 1. The highest BCUT2D eigenvalue weighted by atomic mass is 28.3. The van der Waals surface area contributed by atoms with Crippen molar-refractivity contribution in [2.45, 2.75) is 95.6 Å². The maximum atomic E-state index is 12.1. The zero-order valence-electron chi connectivity index (χ0n) is 21.0. The highest BCUT2D eigenvalue weighted by Crippen LogP contribution is 2.64. The summed E-state index contributed by atoms with van der Waals surface area (Å²) in [6.07, 6.45) is 5.10. The molecular weight excluding hydrogens is 412 g/mol. The summed E-state index contributed by atoms with van der Waals surface area (Å²) in [6.45, 7) is 9.18. The summed E-state index contributed by atoms with van der Waals surface area (Å²) in [5.41, 5.74) is 5.53. The van der Waals surface area contributed by atoms with Gasteiger partial charge in [0.15, 0.2) is 0 Å². The molecule has 0 radical (unpaired) electrons. The molecule has 176 valence electrons. The quantitative estimate of drug-likeness (QED) is 0.441. The van der Waals surface area contributed by atoms with Crippen molar-refractivity contribution < 1.29 is 14.6 Å². The molecule has 1 aromatic carbocycles. The van der Waals surface area contributed by atoms with Gasteiger partial charge in [-0.15, -0.1) is 5.54 Å². The Morgan fingerprint density at radius 1 is 1.12 bits per heavy atom. The lowest BCUT2D eigenvalue weighted by Gasteiger charge is -2.52. The lowest BCUT2D eigenvalue weighted by atomic mass is 9.53. The summed E-state index contributed by atoms with van der Waals surface area (Å²) in [4.78, 5) is 0. The van der Waals surface area contributed by atoms with Crippen LogP contribution in [0.4, 0.5) is 0 Å². The molecule has 2 saturated carbocycles. The van der Waals surface area contributed by atoms with Gasteiger partial charge in [-0.25, -0.2) is 0 Å². The molecule has 0 aliphatic heterocycles. The summed E-state index contributed by atoms with van der Waals surface area (Å²) in [5, 5.41) is 12.1. The fourth-order valence-corrected chi connectivity index (χ4v) is 9.93. The van der Waals surface area contributed by atoms with E-state index in [-0.39, 0.29) is 11.5 Å². The average Bonchev–Trinajstić information content (AvgIpc) is 3.06. The summed E-state index contributed by atoms with van der Waals surface area (Å²) >= 11 is 0. The van der Waals surface area contributed by atoms with Gasteiger partial charge >= 0.3 is 0 Å². The number of benzene rings is 1. The largest absolute Gasteiger partial charge is 0.497 e. The Kier molecular flexibility index (Phi) is 6.58. The minimum atomic E-state index is -1.62. The van der Waals surface area contributed by atoms with Gasteiger partial charge in [0.1, 0.15) is 19.4 Å². The third kappa shape index (κ3) is 3.56. The van der Waals surface area contributed by atoms with Gasteiger partial charge in [-0.1, -0.05) is 39.7 Å².